The number of ether oxygens (including phenoxy) is 2. The van der Waals surface area contributed by atoms with Gasteiger partial charge in [0.25, 0.3) is 0 Å². The third-order valence-electron chi connectivity index (χ3n) is 2.82. The minimum atomic E-state index is -4.49. The SMILES string of the molecule is CCNC(=NCCOCC)NCCOc1ncc(C(F)(F)F)cc1Cl.I. The Morgan fingerprint density at radius 1 is 1.27 bits per heavy atom. The van der Waals surface area contributed by atoms with Gasteiger partial charge in [-0.05, 0) is 19.9 Å². The summed E-state index contributed by atoms with van der Waals surface area (Å²) in [4.78, 5) is 7.90. The van der Waals surface area contributed by atoms with Crippen LogP contribution in [0.15, 0.2) is 17.3 Å². The fraction of sp³-hybridized carbons (Fsp3) is 0.600. The highest BCUT2D eigenvalue weighted by molar-refractivity contribution is 14.0. The summed E-state index contributed by atoms with van der Waals surface area (Å²) < 4.78 is 48.1. The van der Waals surface area contributed by atoms with Crippen LogP contribution in [0.3, 0.4) is 0 Å². The predicted molar refractivity (Wildman–Crippen MR) is 106 cm³/mol. The van der Waals surface area contributed by atoms with E-state index in [1.807, 2.05) is 13.8 Å². The molecule has 11 heteroatoms. The van der Waals surface area contributed by atoms with Gasteiger partial charge in [-0.15, -0.1) is 24.0 Å². The quantitative estimate of drug-likeness (QED) is 0.231. The van der Waals surface area contributed by atoms with E-state index >= 15 is 0 Å². The van der Waals surface area contributed by atoms with Gasteiger partial charge in [0.05, 0.1) is 25.3 Å². The summed E-state index contributed by atoms with van der Waals surface area (Å²) >= 11 is 5.77. The first kappa shape index (κ1) is 25.0. The smallest absolute Gasteiger partial charge is 0.417 e. The number of aliphatic imine (C=N–C) groups is 1. The normalized spacial score (nSPS) is 11.7. The van der Waals surface area contributed by atoms with Crippen molar-refractivity contribution in [3.8, 4) is 5.88 Å². The Hall–Kier alpha value is -1.01. The van der Waals surface area contributed by atoms with Crippen molar-refractivity contribution in [2.45, 2.75) is 20.0 Å². The van der Waals surface area contributed by atoms with Gasteiger partial charge < -0.3 is 20.1 Å². The predicted octanol–water partition coefficient (Wildman–Crippen LogP) is 3.34. The Morgan fingerprint density at radius 3 is 2.58 bits per heavy atom. The van der Waals surface area contributed by atoms with Gasteiger partial charge in [0.2, 0.25) is 5.88 Å². The molecule has 0 saturated heterocycles. The zero-order chi connectivity index (χ0) is 18.7. The monoisotopic (exact) mass is 510 g/mol. The van der Waals surface area contributed by atoms with Crippen LogP contribution < -0.4 is 15.4 Å². The fourth-order valence-corrected chi connectivity index (χ4v) is 1.93. The highest BCUT2D eigenvalue weighted by Gasteiger charge is 2.31. The molecule has 0 amide bonds. The molecule has 0 atom stereocenters. The summed E-state index contributed by atoms with van der Waals surface area (Å²) in [6, 6.07) is 0.788. The summed E-state index contributed by atoms with van der Waals surface area (Å²) in [6.45, 7) is 6.73. The number of nitrogens with zero attached hydrogens (tertiary/aromatic N) is 2. The van der Waals surface area contributed by atoms with Crippen molar-refractivity contribution < 1.29 is 22.6 Å². The number of rotatable bonds is 9. The van der Waals surface area contributed by atoms with E-state index in [-0.39, 0.29) is 41.5 Å². The molecular formula is C15H23ClF3IN4O2. The van der Waals surface area contributed by atoms with E-state index < -0.39 is 11.7 Å². The Kier molecular flexibility index (Phi) is 12.7. The van der Waals surface area contributed by atoms with Gasteiger partial charge in [-0.25, -0.2) is 4.98 Å². The Morgan fingerprint density at radius 2 is 2.00 bits per heavy atom. The molecule has 6 nitrogen and oxygen atoms in total. The molecule has 1 rings (SSSR count). The lowest BCUT2D eigenvalue weighted by molar-refractivity contribution is -0.137. The largest absolute Gasteiger partial charge is 0.475 e. The molecule has 0 aliphatic heterocycles. The topological polar surface area (TPSA) is 67.8 Å². The molecular weight excluding hydrogens is 488 g/mol. The first-order valence-electron chi connectivity index (χ1n) is 7.84. The Balaban J connectivity index is 0.00000625. The lowest BCUT2D eigenvalue weighted by Gasteiger charge is -2.13. The number of halogens is 5. The highest BCUT2D eigenvalue weighted by atomic mass is 127. The fourth-order valence-electron chi connectivity index (χ4n) is 1.71. The average molecular weight is 511 g/mol. The number of alkyl halides is 3. The third-order valence-corrected chi connectivity index (χ3v) is 3.09. The van der Waals surface area contributed by atoms with E-state index in [1.165, 1.54) is 0 Å². The van der Waals surface area contributed by atoms with Crippen LogP contribution in [0.5, 0.6) is 5.88 Å². The van der Waals surface area contributed by atoms with Crippen LogP contribution in [-0.4, -0.2) is 50.4 Å². The maximum absolute atomic E-state index is 12.5. The van der Waals surface area contributed by atoms with E-state index in [9.17, 15) is 13.2 Å². The maximum Gasteiger partial charge on any atom is 0.417 e. The number of aromatic nitrogens is 1. The van der Waals surface area contributed by atoms with Gasteiger partial charge in [-0.1, -0.05) is 11.6 Å². The van der Waals surface area contributed by atoms with Crippen molar-refractivity contribution in [2.75, 3.05) is 39.5 Å². The van der Waals surface area contributed by atoms with Crippen molar-refractivity contribution in [3.05, 3.63) is 22.8 Å². The van der Waals surface area contributed by atoms with Crippen molar-refractivity contribution >= 4 is 41.5 Å². The molecule has 1 heterocycles. The highest BCUT2D eigenvalue weighted by Crippen LogP contribution is 2.32. The van der Waals surface area contributed by atoms with E-state index in [0.29, 0.717) is 45.0 Å². The molecule has 26 heavy (non-hydrogen) atoms. The number of hydrogen-bond acceptors (Lipinski definition) is 4. The van der Waals surface area contributed by atoms with E-state index in [1.54, 1.807) is 0 Å². The van der Waals surface area contributed by atoms with Gasteiger partial charge in [0, 0.05) is 19.3 Å². The first-order chi connectivity index (χ1) is 11.9. The minimum Gasteiger partial charge on any atom is -0.475 e. The lowest BCUT2D eigenvalue weighted by atomic mass is 10.3. The zero-order valence-electron chi connectivity index (χ0n) is 14.5. The van der Waals surface area contributed by atoms with E-state index in [2.05, 4.69) is 20.6 Å². The number of nitrogens with one attached hydrogen (secondary N) is 2. The van der Waals surface area contributed by atoms with Crippen molar-refractivity contribution in [2.24, 2.45) is 4.99 Å². The first-order valence-corrected chi connectivity index (χ1v) is 8.21. The standard InChI is InChI=1S/C15H22ClF3N4O2.HI/c1-3-20-14(21-5-7-24-4-2)22-6-8-25-13-12(16)9-11(10-23-13)15(17,18)19;/h9-10H,3-8H2,1-2H3,(H2,20,21,22);1H. The molecule has 0 saturated carbocycles. The van der Waals surface area contributed by atoms with Crippen LogP contribution >= 0.6 is 35.6 Å². The number of hydrogen-bond donors (Lipinski definition) is 2. The van der Waals surface area contributed by atoms with Crippen molar-refractivity contribution in [3.63, 3.8) is 0 Å². The van der Waals surface area contributed by atoms with Gasteiger partial charge in [-0.2, -0.15) is 13.2 Å². The second-order valence-corrected chi connectivity index (χ2v) is 5.15. The number of guanidine groups is 1. The molecule has 0 aliphatic rings. The van der Waals surface area contributed by atoms with Crippen LogP contribution in [-0.2, 0) is 10.9 Å². The number of pyridine rings is 1. The molecule has 0 bridgehead atoms. The summed E-state index contributed by atoms with van der Waals surface area (Å²) in [6.07, 6.45) is -3.80. The van der Waals surface area contributed by atoms with Crippen LogP contribution in [0, 0.1) is 0 Å². The van der Waals surface area contributed by atoms with Crippen LogP contribution in [0.1, 0.15) is 19.4 Å². The van der Waals surface area contributed by atoms with Gasteiger partial charge in [-0.3, -0.25) is 4.99 Å². The molecule has 0 aliphatic carbocycles. The molecule has 1 aromatic heterocycles. The van der Waals surface area contributed by atoms with Crippen molar-refractivity contribution in [1.29, 1.82) is 0 Å². The zero-order valence-corrected chi connectivity index (χ0v) is 17.6. The molecule has 0 aromatic carbocycles. The molecule has 2 N–H and O–H groups in total. The molecule has 0 fully saturated rings. The molecule has 0 spiro atoms. The second kappa shape index (κ2) is 13.2. The molecule has 0 unspecified atom stereocenters. The van der Waals surface area contributed by atoms with E-state index in [4.69, 9.17) is 21.1 Å². The van der Waals surface area contributed by atoms with E-state index in [0.717, 1.165) is 6.07 Å². The summed E-state index contributed by atoms with van der Waals surface area (Å²) in [5.74, 6) is 0.548. The molecule has 0 radical (unpaired) electrons. The Bertz CT molecular complexity index is 562. The van der Waals surface area contributed by atoms with Crippen LogP contribution in [0.4, 0.5) is 13.2 Å². The lowest BCUT2D eigenvalue weighted by Crippen LogP contribution is -2.39. The maximum atomic E-state index is 12.5. The summed E-state index contributed by atoms with van der Waals surface area (Å²) in [5.41, 5.74) is -0.918. The summed E-state index contributed by atoms with van der Waals surface area (Å²) in [7, 11) is 0. The molecule has 1 aromatic rings. The molecule has 150 valence electrons. The Labute approximate surface area is 172 Å². The van der Waals surface area contributed by atoms with Gasteiger partial charge in [0.15, 0.2) is 5.96 Å². The third kappa shape index (κ3) is 9.62. The van der Waals surface area contributed by atoms with Gasteiger partial charge >= 0.3 is 6.18 Å². The van der Waals surface area contributed by atoms with Crippen LogP contribution in [0.25, 0.3) is 0 Å². The van der Waals surface area contributed by atoms with Crippen LogP contribution in [0.2, 0.25) is 5.02 Å². The summed E-state index contributed by atoms with van der Waals surface area (Å²) in [5, 5.41) is 5.90. The second-order valence-electron chi connectivity index (χ2n) is 4.74. The van der Waals surface area contributed by atoms with Crippen molar-refractivity contribution in [1.82, 2.24) is 15.6 Å². The minimum absolute atomic E-state index is 0. The average Bonchev–Trinajstić information content (AvgIpc) is 2.55. The van der Waals surface area contributed by atoms with Gasteiger partial charge in [0.1, 0.15) is 11.6 Å².